The molecule has 0 aliphatic rings. The Kier molecular flexibility index (Phi) is 4.46. The number of carbonyl (C=O) groups is 2. The monoisotopic (exact) mass is 170 g/mol. The van der Waals surface area contributed by atoms with E-state index in [1.165, 1.54) is 14.0 Å². The molecule has 1 amide bonds. The molecule has 0 saturated carbocycles. The van der Waals surface area contributed by atoms with Crippen LogP contribution in [0.2, 0.25) is 0 Å². The summed E-state index contributed by atoms with van der Waals surface area (Å²) in [6, 6.07) is 0.967. The van der Waals surface area contributed by atoms with Crippen LogP contribution in [0.3, 0.4) is 0 Å². The zero-order valence-electron chi connectivity index (χ0n) is 6.96. The van der Waals surface area contributed by atoms with Crippen molar-refractivity contribution < 1.29 is 14.3 Å². The lowest BCUT2D eigenvalue weighted by Crippen LogP contribution is -2.38. The number of hydrogen-bond donors (Lipinski definition) is 1. The SMILES string of the molecule is COC(=O)[C@@H](C)NC(=O)CC#N. The highest BCUT2D eigenvalue weighted by Crippen LogP contribution is 1.86. The first-order valence-corrected chi connectivity index (χ1v) is 3.36. The number of amides is 1. The number of hydrogen-bond acceptors (Lipinski definition) is 4. The first kappa shape index (κ1) is 10.4. The lowest BCUT2D eigenvalue weighted by molar-refractivity contribution is -0.144. The van der Waals surface area contributed by atoms with Crippen molar-refractivity contribution in [3.05, 3.63) is 0 Å². The Morgan fingerprint density at radius 2 is 2.25 bits per heavy atom. The maximum absolute atomic E-state index is 10.7. The van der Waals surface area contributed by atoms with Gasteiger partial charge in [-0.25, -0.2) is 4.79 Å². The van der Waals surface area contributed by atoms with Crippen molar-refractivity contribution in [2.45, 2.75) is 19.4 Å². The van der Waals surface area contributed by atoms with Gasteiger partial charge in [-0.05, 0) is 6.92 Å². The van der Waals surface area contributed by atoms with Gasteiger partial charge in [-0.3, -0.25) is 4.79 Å². The van der Waals surface area contributed by atoms with Gasteiger partial charge in [-0.2, -0.15) is 5.26 Å². The van der Waals surface area contributed by atoms with E-state index in [-0.39, 0.29) is 6.42 Å². The summed E-state index contributed by atoms with van der Waals surface area (Å²) in [7, 11) is 1.23. The molecule has 0 unspecified atom stereocenters. The van der Waals surface area contributed by atoms with Crippen LogP contribution in [0.4, 0.5) is 0 Å². The molecular weight excluding hydrogens is 160 g/mol. The maximum Gasteiger partial charge on any atom is 0.328 e. The first-order valence-electron chi connectivity index (χ1n) is 3.36. The van der Waals surface area contributed by atoms with Crippen LogP contribution in [-0.4, -0.2) is 25.0 Å². The second-order valence-corrected chi connectivity index (χ2v) is 2.15. The highest BCUT2D eigenvalue weighted by molar-refractivity contribution is 5.84. The second kappa shape index (κ2) is 5.13. The predicted molar refractivity (Wildman–Crippen MR) is 39.9 cm³/mol. The van der Waals surface area contributed by atoms with E-state index in [1.54, 1.807) is 6.07 Å². The van der Waals surface area contributed by atoms with Gasteiger partial charge in [-0.1, -0.05) is 0 Å². The average molecular weight is 170 g/mol. The summed E-state index contributed by atoms with van der Waals surface area (Å²) in [4.78, 5) is 21.5. The Morgan fingerprint density at radius 1 is 1.67 bits per heavy atom. The molecule has 0 rings (SSSR count). The first-order chi connectivity index (χ1) is 5.61. The molecule has 0 radical (unpaired) electrons. The molecule has 1 atom stereocenters. The molecule has 0 saturated heterocycles. The summed E-state index contributed by atoms with van der Waals surface area (Å²) >= 11 is 0. The number of methoxy groups -OCH3 is 1. The van der Waals surface area contributed by atoms with Crippen LogP contribution in [0, 0.1) is 11.3 Å². The molecule has 0 aliphatic heterocycles. The van der Waals surface area contributed by atoms with Gasteiger partial charge in [0.2, 0.25) is 5.91 Å². The molecule has 0 heterocycles. The second-order valence-electron chi connectivity index (χ2n) is 2.15. The lowest BCUT2D eigenvalue weighted by Gasteiger charge is -2.09. The molecule has 0 fully saturated rings. The molecule has 0 aromatic rings. The van der Waals surface area contributed by atoms with Crippen molar-refractivity contribution in [1.29, 1.82) is 5.26 Å². The summed E-state index contributed by atoms with van der Waals surface area (Å²) in [5, 5.41) is 10.4. The lowest BCUT2D eigenvalue weighted by atomic mass is 10.3. The Balaban J connectivity index is 3.85. The van der Waals surface area contributed by atoms with Crippen LogP contribution < -0.4 is 5.32 Å². The summed E-state index contributed by atoms with van der Waals surface area (Å²) < 4.78 is 4.35. The maximum atomic E-state index is 10.7. The summed E-state index contributed by atoms with van der Waals surface area (Å²) in [6.07, 6.45) is -0.249. The van der Waals surface area contributed by atoms with E-state index >= 15 is 0 Å². The number of carbonyl (C=O) groups excluding carboxylic acids is 2. The van der Waals surface area contributed by atoms with Crippen molar-refractivity contribution in [3.8, 4) is 6.07 Å². The summed E-state index contributed by atoms with van der Waals surface area (Å²) in [5.74, 6) is -1.00. The largest absolute Gasteiger partial charge is 0.467 e. The third kappa shape index (κ3) is 3.56. The van der Waals surface area contributed by atoms with E-state index in [0.29, 0.717) is 0 Å². The van der Waals surface area contributed by atoms with Crippen molar-refractivity contribution in [1.82, 2.24) is 5.32 Å². The molecule has 5 heteroatoms. The molecule has 0 spiro atoms. The van der Waals surface area contributed by atoms with Gasteiger partial charge in [0.15, 0.2) is 0 Å². The summed E-state index contributed by atoms with van der Waals surface area (Å²) in [6.45, 7) is 1.49. The molecule has 0 aromatic carbocycles. The minimum Gasteiger partial charge on any atom is -0.467 e. The van der Waals surface area contributed by atoms with Gasteiger partial charge < -0.3 is 10.1 Å². The minimum absolute atomic E-state index is 0.249. The van der Waals surface area contributed by atoms with Crippen molar-refractivity contribution in [2.24, 2.45) is 0 Å². The highest BCUT2D eigenvalue weighted by Gasteiger charge is 2.14. The Hall–Kier alpha value is -1.57. The third-order valence-electron chi connectivity index (χ3n) is 1.17. The molecule has 66 valence electrons. The van der Waals surface area contributed by atoms with Crippen LogP contribution >= 0.6 is 0 Å². The van der Waals surface area contributed by atoms with E-state index in [1.807, 2.05) is 0 Å². The highest BCUT2D eigenvalue weighted by atomic mass is 16.5. The van der Waals surface area contributed by atoms with Gasteiger partial charge in [0.25, 0.3) is 0 Å². The smallest absolute Gasteiger partial charge is 0.328 e. The Bertz CT molecular complexity index is 219. The van der Waals surface area contributed by atoms with E-state index in [0.717, 1.165) is 0 Å². The van der Waals surface area contributed by atoms with Crippen LogP contribution in [0.15, 0.2) is 0 Å². The van der Waals surface area contributed by atoms with Gasteiger partial charge in [-0.15, -0.1) is 0 Å². The fourth-order valence-electron chi connectivity index (χ4n) is 0.600. The van der Waals surface area contributed by atoms with E-state index in [2.05, 4.69) is 10.1 Å². The van der Waals surface area contributed by atoms with Crippen LogP contribution in [0.25, 0.3) is 0 Å². The number of nitrogens with one attached hydrogen (secondary N) is 1. The standard InChI is InChI=1S/C7H10N2O3/c1-5(7(11)12-2)9-6(10)3-4-8/h5H,3H2,1-2H3,(H,9,10)/t5-/m1/s1. The van der Waals surface area contributed by atoms with Crippen LogP contribution in [0.5, 0.6) is 0 Å². The molecule has 12 heavy (non-hydrogen) atoms. The molecule has 5 nitrogen and oxygen atoms in total. The van der Waals surface area contributed by atoms with Crippen LogP contribution in [-0.2, 0) is 14.3 Å². The predicted octanol–water partition coefficient (Wildman–Crippen LogP) is -0.422. The third-order valence-corrected chi connectivity index (χ3v) is 1.17. The minimum atomic E-state index is -0.698. The van der Waals surface area contributed by atoms with Gasteiger partial charge >= 0.3 is 5.97 Å². The number of ether oxygens (including phenoxy) is 1. The normalized spacial score (nSPS) is 11.1. The molecule has 0 aliphatic carbocycles. The fraction of sp³-hybridized carbons (Fsp3) is 0.571. The van der Waals surface area contributed by atoms with Crippen LogP contribution in [0.1, 0.15) is 13.3 Å². The number of esters is 1. The van der Waals surface area contributed by atoms with Crippen molar-refractivity contribution in [2.75, 3.05) is 7.11 Å². The van der Waals surface area contributed by atoms with E-state index in [4.69, 9.17) is 5.26 Å². The van der Waals surface area contributed by atoms with E-state index < -0.39 is 17.9 Å². The van der Waals surface area contributed by atoms with Gasteiger partial charge in [0.05, 0.1) is 13.2 Å². The zero-order chi connectivity index (χ0) is 9.56. The number of nitriles is 1. The number of rotatable bonds is 3. The van der Waals surface area contributed by atoms with Crippen molar-refractivity contribution in [3.63, 3.8) is 0 Å². The molecule has 0 bridgehead atoms. The van der Waals surface area contributed by atoms with Crippen molar-refractivity contribution >= 4 is 11.9 Å². The van der Waals surface area contributed by atoms with Gasteiger partial charge in [0.1, 0.15) is 12.5 Å². The molecular formula is C7H10N2O3. The topological polar surface area (TPSA) is 79.2 Å². The average Bonchev–Trinajstić information content (AvgIpc) is 2.03. The zero-order valence-corrected chi connectivity index (χ0v) is 6.96. The molecule has 0 aromatic heterocycles. The fourth-order valence-corrected chi connectivity index (χ4v) is 0.600. The van der Waals surface area contributed by atoms with E-state index in [9.17, 15) is 9.59 Å². The van der Waals surface area contributed by atoms with Gasteiger partial charge in [0, 0.05) is 0 Å². The summed E-state index contributed by atoms with van der Waals surface area (Å²) in [5.41, 5.74) is 0. The quantitative estimate of drug-likeness (QED) is 0.583. The Morgan fingerprint density at radius 3 is 2.67 bits per heavy atom. The Labute approximate surface area is 70.3 Å². The number of nitrogens with zero attached hydrogens (tertiary/aromatic N) is 1. The molecule has 1 N–H and O–H groups in total.